The summed E-state index contributed by atoms with van der Waals surface area (Å²) in [7, 11) is 0. The summed E-state index contributed by atoms with van der Waals surface area (Å²) in [6.45, 7) is 0. The lowest BCUT2D eigenvalue weighted by Crippen LogP contribution is -1.80. The van der Waals surface area contributed by atoms with Gasteiger partial charge in [0.2, 0.25) is 0 Å². The summed E-state index contributed by atoms with van der Waals surface area (Å²) in [5.41, 5.74) is 10.1. The van der Waals surface area contributed by atoms with Crippen molar-refractivity contribution in [2.24, 2.45) is 0 Å². The summed E-state index contributed by atoms with van der Waals surface area (Å²) < 4.78 is 0. The molecule has 0 unspecified atom stereocenters. The van der Waals surface area contributed by atoms with Gasteiger partial charge in [-0.05, 0) is 65.7 Å². The van der Waals surface area contributed by atoms with E-state index in [1.807, 2.05) is 30.3 Å². The molecule has 0 radical (unpaired) electrons. The Labute approximate surface area is 187 Å². The van der Waals surface area contributed by atoms with Crippen molar-refractivity contribution in [2.45, 2.75) is 0 Å². The fraction of sp³-hybridized carbons (Fsp3) is 0. The Bertz CT molecular complexity index is 1770. The molecule has 0 aliphatic rings. The number of H-pyrrole nitrogens is 3. The fourth-order valence-corrected chi connectivity index (χ4v) is 4.24. The monoisotopic (exact) mass is 427 g/mol. The Kier molecular flexibility index (Phi) is 3.71. The van der Waals surface area contributed by atoms with E-state index in [2.05, 4.69) is 61.3 Å². The number of aromatic amines is 3. The van der Waals surface area contributed by atoms with Gasteiger partial charge in [-0.15, -0.1) is 0 Å². The number of hydrogen-bond donors (Lipinski definition) is 3. The number of pyridine rings is 1. The lowest BCUT2D eigenvalue weighted by atomic mass is 10.0. The zero-order valence-corrected chi connectivity index (χ0v) is 17.4. The molecule has 7 heteroatoms. The first-order valence-electron chi connectivity index (χ1n) is 10.6. The normalized spacial score (nSPS) is 11.6. The lowest BCUT2D eigenvalue weighted by molar-refractivity contribution is 1.28. The number of aromatic nitrogens is 7. The predicted molar refractivity (Wildman–Crippen MR) is 130 cm³/mol. The van der Waals surface area contributed by atoms with Crippen LogP contribution in [0.25, 0.3) is 67.0 Å². The number of hydrogen-bond acceptors (Lipinski definition) is 4. The third kappa shape index (κ3) is 2.98. The lowest BCUT2D eigenvalue weighted by Gasteiger charge is -2.01. The molecule has 7 aromatic rings. The van der Waals surface area contributed by atoms with Crippen LogP contribution in [0.1, 0.15) is 0 Å². The first kappa shape index (κ1) is 17.9. The highest BCUT2D eigenvalue weighted by atomic mass is 14.9. The first-order valence-corrected chi connectivity index (χ1v) is 10.6. The van der Waals surface area contributed by atoms with E-state index in [9.17, 15) is 0 Å². The van der Waals surface area contributed by atoms with Crippen LogP contribution in [-0.2, 0) is 0 Å². The maximum Gasteiger partial charge on any atom is 0.138 e. The van der Waals surface area contributed by atoms with Crippen molar-refractivity contribution in [1.82, 2.24) is 34.9 Å². The minimum Gasteiger partial charge on any atom is -0.345 e. The van der Waals surface area contributed by atoms with Gasteiger partial charge in [0.1, 0.15) is 11.6 Å². The molecule has 3 aromatic carbocycles. The number of nitrogens with one attached hydrogen (secondary N) is 3. The highest BCUT2D eigenvalue weighted by Gasteiger charge is 2.10. The van der Waals surface area contributed by atoms with Crippen molar-refractivity contribution in [3.8, 4) is 33.9 Å². The summed E-state index contributed by atoms with van der Waals surface area (Å²) in [5.74, 6) is 1.68. The summed E-state index contributed by atoms with van der Waals surface area (Å²) in [5, 5.41) is 0. The molecule has 33 heavy (non-hydrogen) atoms. The van der Waals surface area contributed by atoms with Gasteiger partial charge in [0, 0.05) is 23.5 Å². The Morgan fingerprint density at radius 3 is 1.79 bits per heavy atom. The van der Waals surface area contributed by atoms with Gasteiger partial charge in [-0.3, -0.25) is 4.98 Å². The SMILES string of the molecule is c1cc(-c2nc3ccc(-c4ccc5nc(-c6ccc7nc[nH]c7c6)[nH]c5c4)cc3[nH]2)ccn1. The molecular formula is C26H17N7. The van der Waals surface area contributed by atoms with Crippen LogP contribution in [0.4, 0.5) is 0 Å². The van der Waals surface area contributed by atoms with Crippen molar-refractivity contribution in [1.29, 1.82) is 0 Å². The second-order valence-corrected chi connectivity index (χ2v) is 8.01. The van der Waals surface area contributed by atoms with Gasteiger partial charge in [0.25, 0.3) is 0 Å². The molecule has 0 bridgehead atoms. The summed E-state index contributed by atoms with van der Waals surface area (Å²) in [4.78, 5) is 27.9. The predicted octanol–water partition coefficient (Wildman–Crippen LogP) is 5.71. The van der Waals surface area contributed by atoms with E-state index in [0.29, 0.717) is 0 Å². The number of nitrogens with zero attached hydrogens (tertiary/aromatic N) is 4. The van der Waals surface area contributed by atoms with Crippen LogP contribution in [0.15, 0.2) is 85.5 Å². The molecule has 0 atom stereocenters. The number of fused-ring (bicyclic) bond motifs is 3. The van der Waals surface area contributed by atoms with E-state index >= 15 is 0 Å². The van der Waals surface area contributed by atoms with Gasteiger partial charge in [0.05, 0.1) is 39.4 Å². The average Bonchev–Trinajstić information content (AvgIpc) is 3.60. The van der Waals surface area contributed by atoms with Gasteiger partial charge < -0.3 is 15.0 Å². The average molecular weight is 427 g/mol. The Balaban J connectivity index is 1.27. The highest BCUT2D eigenvalue weighted by Crippen LogP contribution is 2.29. The van der Waals surface area contributed by atoms with E-state index < -0.39 is 0 Å². The van der Waals surface area contributed by atoms with Crippen LogP contribution in [0.3, 0.4) is 0 Å². The van der Waals surface area contributed by atoms with Crippen LogP contribution >= 0.6 is 0 Å². The van der Waals surface area contributed by atoms with Crippen LogP contribution in [0.2, 0.25) is 0 Å². The van der Waals surface area contributed by atoms with Gasteiger partial charge in [-0.1, -0.05) is 12.1 Å². The van der Waals surface area contributed by atoms with Crippen LogP contribution in [0, 0.1) is 0 Å². The van der Waals surface area contributed by atoms with E-state index in [1.54, 1.807) is 18.7 Å². The van der Waals surface area contributed by atoms with E-state index in [1.165, 1.54) is 0 Å². The van der Waals surface area contributed by atoms with Crippen molar-refractivity contribution in [2.75, 3.05) is 0 Å². The van der Waals surface area contributed by atoms with Gasteiger partial charge in [-0.25, -0.2) is 15.0 Å². The zero-order chi connectivity index (χ0) is 21.8. The minimum atomic E-state index is 0.838. The third-order valence-corrected chi connectivity index (χ3v) is 5.94. The Hall–Kier alpha value is -4.78. The van der Waals surface area contributed by atoms with Crippen molar-refractivity contribution in [3.05, 3.63) is 85.5 Å². The number of rotatable bonds is 3. The quantitative estimate of drug-likeness (QED) is 0.336. The van der Waals surface area contributed by atoms with Crippen LogP contribution in [0.5, 0.6) is 0 Å². The summed E-state index contributed by atoms with van der Waals surface area (Å²) >= 11 is 0. The number of imidazole rings is 3. The molecule has 156 valence electrons. The molecule has 0 aliphatic heterocycles. The zero-order valence-electron chi connectivity index (χ0n) is 17.4. The summed E-state index contributed by atoms with van der Waals surface area (Å²) in [6, 6.07) is 22.6. The molecule has 7 nitrogen and oxygen atoms in total. The molecule has 3 N–H and O–H groups in total. The molecule has 0 fully saturated rings. The molecule has 0 saturated heterocycles. The topological polar surface area (TPSA) is 98.9 Å². The minimum absolute atomic E-state index is 0.838. The summed E-state index contributed by atoms with van der Waals surface area (Å²) in [6.07, 6.45) is 5.25. The smallest absolute Gasteiger partial charge is 0.138 e. The fourth-order valence-electron chi connectivity index (χ4n) is 4.24. The van der Waals surface area contributed by atoms with Crippen LogP contribution < -0.4 is 0 Å². The Morgan fingerprint density at radius 1 is 0.515 bits per heavy atom. The molecule has 0 amide bonds. The molecule has 4 aromatic heterocycles. The maximum absolute atomic E-state index is 4.78. The van der Waals surface area contributed by atoms with E-state index in [0.717, 1.165) is 67.0 Å². The maximum atomic E-state index is 4.78. The standard InChI is InChI=1S/C26H17N7/c1-5-20-23(32-25(30-20)15-7-9-27-10-8-15)11-16(1)17-2-6-21-24(12-17)33-26(31-21)18-3-4-19-22(13-18)29-14-28-19/h1-14H,(H,28,29)(H,30,32)(H,31,33). The van der Waals surface area contributed by atoms with Gasteiger partial charge >= 0.3 is 0 Å². The second-order valence-electron chi connectivity index (χ2n) is 8.01. The molecule has 4 heterocycles. The Morgan fingerprint density at radius 2 is 1.09 bits per heavy atom. The molecular weight excluding hydrogens is 410 g/mol. The number of benzene rings is 3. The van der Waals surface area contributed by atoms with Gasteiger partial charge in [-0.2, -0.15) is 0 Å². The van der Waals surface area contributed by atoms with Crippen molar-refractivity contribution >= 4 is 33.1 Å². The van der Waals surface area contributed by atoms with Crippen molar-refractivity contribution < 1.29 is 0 Å². The van der Waals surface area contributed by atoms with Crippen LogP contribution in [-0.4, -0.2) is 34.9 Å². The first-order chi connectivity index (χ1) is 16.3. The van der Waals surface area contributed by atoms with Crippen molar-refractivity contribution in [3.63, 3.8) is 0 Å². The molecule has 0 spiro atoms. The molecule has 0 aliphatic carbocycles. The van der Waals surface area contributed by atoms with E-state index in [-0.39, 0.29) is 0 Å². The van der Waals surface area contributed by atoms with Gasteiger partial charge in [0.15, 0.2) is 0 Å². The molecule has 7 rings (SSSR count). The highest BCUT2D eigenvalue weighted by molar-refractivity contribution is 5.89. The second kappa shape index (κ2) is 6.86. The molecule has 0 saturated carbocycles. The largest absolute Gasteiger partial charge is 0.345 e. The van der Waals surface area contributed by atoms with E-state index in [4.69, 9.17) is 9.97 Å². The third-order valence-electron chi connectivity index (χ3n) is 5.94.